The molecule has 0 aromatic heterocycles. The Hall–Kier alpha value is -3.06. The number of fused-ring (bicyclic) bond motifs is 5. The minimum absolute atomic E-state index is 0. The molecule has 0 unspecified atom stereocenters. The van der Waals surface area contributed by atoms with E-state index in [2.05, 4.69) is 141 Å². The van der Waals surface area contributed by atoms with E-state index in [4.69, 9.17) is 0 Å². The third-order valence-electron chi connectivity index (χ3n) is 6.50. The number of rotatable bonds is 1. The van der Waals surface area contributed by atoms with Gasteiger partial charge in [-0.05, 0) is 16.3 Å². The molecule has 0 heterocycles. The van der Waals surface area contributed by atoms with E-state index in [0.29, 0.717) is 0 Å². The van der Waals surface area contributed by atoms with Crippen LogP contribution in [0.5, 0.6) is 0 Å². The predicted octanol–water partition coefficient (Wildman–Crippen LogP) is 9.92. The fraction of sp³-hybridized carbons (Fsp3) is 0.0286. The van der Waals surface area contributed by atoms with Crippen LogP contribution in [0.2, 0.25) is 0 Å². The van der Waals surface area contributed by atoms with E-state index in [0.717, 1.165) is 0 Å². The topological polar surface area (TPSA) is 0 Å². The van der Waals surface area contributed by atoms with E-state index in [1.165, 1.54) is 83.1 Å². The van der Waals surface area contributed by atoms with Crippen LogP contribution < -0.4 is 0 Å². The molecule has 0 amide bonds. The number of hydrogen-bond donors (Lipinski definition) is 0. The van der Waals surface area contributed by atoms with Gasteiger partial charge in [0.1, 0.15) is 0 Å². The first-order valence-corrected chi connectivity index (χ1v) is 15.9. The first-order chi connectivity index (χ1) is 17.3. The number of aryl methyl sites for hydroxylation is 1. The molecule has 0 aliphatic heterocycles. The molecule has 0 fully saturated rings. The normalized spacial score (nSPS) is 10.1. The molecule has 7 rings (SSSR count). The Morgan fingerprint density at radius 3 is 1.57 bits per heavy atom. The maximum atomic E-state index is 3.06. The van der Waals surface area contributed by atoms with Gasteiger partial charge in [0.25, 0.3) is 0 Å². The standard InChI is InChI=1S/C20H15.C13H9.2CH3.Si.Zr/c1-14-12-16-8-5-11-19(20(16)13-14)18-10-4-7-15-6-2-3-9-17(15)18;1-3-7-12-10(5-1)9-11-6-2-4-8-13(11)12;;;;/h2-13H,1H3;1-9H;2*1H3;;/q4*-1;;. The van der Waals surface area contributed by atoms with Crippen LogP contribution in [-0.2, 0) is 23.3 Å². The molecule has 0 aliphatic rings. The smallest absolute Gasteiger partial charge is 0.0771 e. The summed E-state index contributed by atoms with van der Waals surface area (Å²) in [6.45, 7) is 5.22. The van der Waals surface area contributed by atoms with Gasteiger partial charge in [-0.1, -0.05) is 97.4 Å². The van der Waals surface area contributed by atoms with E-state index >= 15 is 0 Å². The zero-order valence-electron chi connectivity index (χ0n) is 21.6. The minimum atomic E-state index is 0. The molecule has 37 heavy (non-hydrogen) atoms. The largest absolute Gasteiger partial charge is 0.126 e. The molecule has 2 heteroatoms. The summed E-state index contributed by atoms with van der Waals surface area (Å²) in [5.74, 6) is 0. The quantitative estimate of drug-likeness (QED) is 0.136. The molecule has 7 aromatic carbocycles. The fourth-order valence-electron chi connectivity index (χ4n) is 4.98. The Morgan fingerprint density at radius 1 is 0.486 bits per heavy atom. The van der Waals surface area contributed by atoms with Crippen LogP contribution >= 0.6 is 0 Å². The van der Waals surface area contributed by atoms with Gasteiger partial charge in [-0.25, -0.2) is 0 Å². The fourth-order valence-corrected chi connectivity index (χ4v) is 4.98. The SMILES string of the molecule is Cc1cc2c(-c3cccc4ccccc34)cccc2[cH-]1.[CH3-].[CH3-].[Si]=[Zr].c1ccc2c(c1)[cH-]c1ccccc12. The molecule has 0 N–H and O–H groups in total. The van der Waals surface area contributed by atoms with Crippen LogP contribution in [-0.4, -0.2) is 6.88 Å². The molecule has 0 saturated carbocycles. The van der Waals surface area contributed by atoms with Crippen molar-refractivity contribution in [2.45, 2.75) is 6.92 Å². The number of benzene rings is 5. The van der Waals surface area contributed by atoms with Crippen molar-refractivity contribution in [2.24, 2.45) is 0 Å². The zero-order valence-corrected chi connectivity index (χ0v) is 25.1. The van der Waals surface area contributed by atoms with Crippen LogP contribution in [0.3, 0.4) is 0 Å². The minimum Gasteiger partial charge on any atom is -0.126 e. The van der Waals surface area contributed by atoms with Crippen molar-refractivity contribution in [3.8, 4) is 11.1 Å². The molecule has 0 spiro atoms. The van der Waals surface area contributed by atoms with Gasteiger partial charge in [-0.15, -0.1) is 74.3 Å². The van der Waals surface area contributed by atoms with Gasteiger partial charge in [0.05, 0.1) is 0 Å². The van der Waals surface area contributed by atoms with Crippen molar-refractivity contribution in [1.29, 1.82) is 0 Å². The second kappa shape index (κ2) is 13.0. The van der Waals surface area contributed by atoms with Gasteiger partial charge in [0.15, 0.2) is 0 Å². The molecule has 2 radical (unpaired) electrons. The molecule has 182 valence electrons. The van der Waals surface area contributed by atoms with E-state index in [-0.39, 0.29) is 14.9 Å². The Balaban J connectivity index is 0.000000196. The summed E-state index contributed by atoms with van der Waals surface area (Å²) in [4.78, 5) is 0. The van der Waals surface area contributed by atoms with Crippen LogP contribution in [0.25, 0.3) is 54.2 Å². The van der Waals surface area contributed by atoms with Crippen molar-refractivity contribution in [3.05, 3.63) is 148 Å². The first-order valence-electron chi connectivity index (χ1n) is 11.7. The van der Waals surface area contributed by atoms with E-state index in [9.17, 15) is 0 Å². The van der Waals surface area contributed by atoms with Crippen LogP contribution in [0.15, 0.2) is 127 Å². The van der Waals surface area contributed by atoms with Crippen molar-refractivity contribution in [1.82, 2.24) is 0 Å². The van der Waals surface area contributed by atoms with Crippen molar-refractivity contribution in [2.75, 3.05) is 0 Å². The third kappa shape index (κ3) is 5.77. The molecular formula is C35H30SiZr-4. The Bertz CT molecular complexity index is 1700. The van der Waals surface area contributed by atoms with Gasteiger partial charge in [-0.2, -0.15) is 6.07 Å². The van der Waals surface area contributed by atoms with Crippen LogP contribution in [0.1, 0.15) is 5.56 Å². The van der Waals surface area contributed by atoms with Gasteiger partial charge in [-0.3, -0.25) is 0 Å². The Labute approximate surface area is 237 Å². The molecule has 0 aliphatic carbocycles. The van der Waals surface area contributed by atoms with Crippen LogP contribution in [0.4, 0.5) is 0 Å². The Morgan fingerprint density at radius 2 is 0.919 bits per heavy atom. The maximum Gasteiger partial charge on any atom is -0.0771 e. The second-order valence-corrected chi connectivity index (χ2v) is 8.69. The van der Waals surface area contributed by atoms with Crippen molar-refractivity contribution in [3.63, 3.8) is 0 Å². The summed E-state index contributed by atoms with van der Waals surface area (Å²) in [7, 11) is 0. The summed E-state index contributed by atoms with van der Waals surface area (Å²) in [6.07, 6.45) is 0. The molecular weight excluding hydrogens is 540 g/mol. The van der Waals surface area contributed by atoms with E-state index < -0.39 is 0 Å². The average molecular weight is 570 g/mol. The first kappa shape index (κ1) is 28.5. The Kier molecular flexibility index (Phi) is 9.98. The summed E-state index contributed by atoms with van der Waals surface area (Å²) in [6, 6.07) is 45.5. The molecule has 0 bridgehead atoms. The molecule has 0 saturated heterocycles. The monoisotopic (exact) mass is 568 g/mol. The molecule has 7 aromatic rings. The van der Waals surface area contributed by atoms with E-state index in [1.807, 2.05) is 0 Å². The summed E-state index contributed by atoms with van der Waals surface area (Å²) in [5.41, 5.74) is 3.97. The van der Waals surface area contributed by atoms with Gasteiger partial charge in [0, 0.05) is 0 Å². The number of hydrogen-bond acceptors (Lipinski definition) is 0. The van der Waals surface area contributed by atoms with Gasteiger partial charge in [0.2, 0.25) is 0 Å². The zero-order chi connectivity index (χ0) is 24.2. The van der Waals surface area contributed by atoms with Gasteiger partial charge >= 0.3 is 30.2 Å². The molecule has 0 nitrogen and oxygen atoms in total. The third-order valence-corrected chi connectivity index (χ3v) is 6.50. The summed E-state index contributed by atoms with van der Waals surface area (Å²) >= 11 is 1.36. The predicted molar refractivity (Wildman–Crippen MR) is 163 cm³/mol. The van der Waals surface area contributed by atoms with Gasteiger partial charge < -0.3 is 14.9 Å². The van der Waals surface area contributed by atoms with Crippen molar-refractivity contribution < 1.29 is 23.3 Å². The summed E-state index contributed by atoms with van der Waals surface area (Å²) in [5, 5.41) is 10.7. The second-order valence-electron chi connectivity index (χ2n) is 8.69. The maximum absolute atomic E-state index is 3.06. The average Bonchev–Trinajstić information content (AvgIpc) is 3.49. The molecule has 0 atom stereocenters. The van der Waals surface area contributed by atoms with E-state index in [1.54, 1.807) is 0 Å². The van der Waals surface area contributed by atoms with Crippen LogP contribution in [0, 0.1) is 21.8 Å². The summed E-state index contributed by atoms with van der Waals surface area (Å²) < 4.78 is 0. The van der Waals surface area contributed by atoms with Crippen molar-refractivity contribution >= 4 is 50.0 Å².